The van der Waals surface area contributed by atoms with Crippen LogP contribution in [0.4, 0.5) is 5.69 Å². The molecule has 0 fully saturated rings. The summed E-state index contributed by atoms with van der Waals surface area (Å²) in [7, 11) is 0. The summed E-state index contributed by atoms with van der Waals surface area (Å²) < 4.78 is 11.7. The van der Waals surface area contributed by atoms with Gasteiger partial charge < -0.3 is 20.1 Å². The van der Waals surface area contributed by atoms with Gasteiger partial charge in [-0.2, -0.15) is 0 Å². The lowest BCUT2D eigenvalue weighted by atomic mass is 10.0. The Kier molecular flexibility index (Phi) is 5.59. The number of hydrogen-bond acceptors (Lipinski definition) is 4. The SMILES string of the molecule is CCOc1cc(CN)ccc1OCCN1CCCc2ccccc21. The van der Waals surface area contributed by atoms with Gasteiger partial charge in [-0.15, -0.1) is 0 Å². The van der Waals surface area contributed by atoms with Gasteiger partial charge in [0.05, 0.1) is 13.2 Å². The fourth-order valence-corrected chi connectivity index (χ4v) is 3.18. The molecule has 0 bridgehead atoms. The van der Waals surface area contributed by atoms with Crippen LogP contribution in [0.3, 0.4) is 0 Å². The number of ether oxygens (including phenoxy) is 2. The standard InChI is InChI=1S/C20H26N2O2/c1-2-23-20-14-16(15-21)9-10-19(20)24-13-12-22-11-5-7-17-6-3-4-8-18(17)22/h3-4,6,8-10,14H,2,5,7,11-13,15,21H2,1H3. The third kappa shape index (κ3) is 3.82. The van der Waals surface area contributed by atoms with E-state index in [0.29, 0.717) is 19.8 Å². The molecule has 0 spiro atoms. The highest BCUT2D eigenvalue weighted by Gasteiger charge is 2.16. The summed E-state index contributed by atoms with van der Waals surface area (Å²) in [6, 6.07) is 14.6. The van der Waals surface area contributed by atoms with Crippen LogP contribution in [0.5, 0.6) is 11.5 Å². The molecule has 1 aliphatic rings. The minimum Gasteiger partial charge on any atom is -0.490 e. The average Bonchev–Trinajstić information content (AvgIpc) is 2.63. The molecule has 0 saturated carbocycles. The molecule has 0 aliphatic carbocycles. The summed E-state index contributed by atoms with van der Waals surface area (Å²) >= 11 is 0. The highest BCUT2D eigenvalue weighted by molar-refractivity contribution is 5.55. The molecule has 0 atom stereocenters. The number of nitrogens with two attached hydrogens (primary N) is 1. The first kappa shape index (κ1) is 16.7. The first-order valence-corrected chi connectivity index (χ1v) is 8.73. The van der Waals surface area contributed by atoms with Crippen LogP contribution in [0.1, 0.15) is 24.5 Å². The van der Waals surface area contributed by atoms with Gasteiger partial charge in [0.1, 0.15) is 6.61 Å². The number of anilines is 1. The smallest absolute Gasteiger partial charge is 0.161 e. The maximum atomic E-state index is 6.00. The van der Waals surface area contributed by atoms with Crippen molar-refractivity contribution in [1.29, 1.82) is 0 Å². The zero-order valence-electron chi connectivity index (χ0n) is 14.3. The van der Waals surface area contributed by atoms with Crippen LogP contribution in [0.25, 0.3) is 0 Å². The van der Waals surface area contributed by atoms with Crippen LogP contribution < -0.4 is 20.1 Å². The van der Waals surface area contributed by atoms with Crippen molar-refractivity contribution < 1.29 is 9.47 Å². The third-order valence-corrected chi connectivity index (χ3v) is 4.37. The normalized spacial score (nSPS) is 13.5. The van der Waals surface area contributed by atoms with Gasteiger partial charge in [0.25, 0.3) is 0 Å². The molecule has 0 saturated heterocycles. The number of fused-ring (bicyclic) bond motifs is 1. The second-order valence-corrected chi connectivity index (χ2v) is 5.99. The lowest BCUT2D eigenvalue weighted by Crippen LogP contribution is -2.33. The zero-order chi connectivity index (χ0) is 16.8. The minimum absolute atomic E-state index is 0.505. The van der Waals surface area contributed by atoms with Gasteiger partial charge in [-0.3, -0.25) is 0 Å². The Morgan fingerprint density at radius 2 is 1.96 bits per heavy atom. The van der Waals surface area contributed by atoms with Gasteiger partial charge in [0.15, 0.2) is 11.5 Å². The van der Waals surface area contributed by atoms with Crippen molar-refractivity contribution in [3.8, 4) is 11.5 Å². The van der Waals surface area contributed by atoms with E-state index in [-0.39, 0.29) is 0 Å². The molecular formula is C20H26N2O2. The summed E-state index contributed by atoms with van der Waals surface area (Å²) in [5.74, 6) is 1.57. The largest absolute Gasteiger partial charge is 0.490 e. The van der Waals surface area contributed by atoms with Crippen LogP contribution >= 0.6 is 0 Å². The number of rotatable bonds is 7. The van der Waals surface area contributed by atoms with Crippen molar-refractivity contribution in [3.05, 3.63) is 53.6 Å². The summed E-state index contributed by atoms with van der Waals surface area (Å²) in [6.45, 7) is 5.70. The summed E-state index contributed by atoms with van der Waals surface area (Å²) in [4.78, 5) is 2.41. The molecule has 2 aromatic rings. The Morgan fingerprint density at radius 1 is 1.08 bits per heavy atom. The number of benzene rings is 2. The topological polar surface area (TPSA) is 47.7 Å². The minimum atomic E-state index is 0.505. The maximum Gasteiger partial charge on any atom is 0.161 e. The van der Waals surface area contributed by atoms with Crippen LogP contribution in [-0.4, -0.2) is 26.3 Å². The molecule has 24 heavy (non-hydrogen) atoms. The molecule has 4 heteroatoms. The summed E-state index contributed by atoms with van der Waals surface area (Å²) in [6.07, 6.45) is 2.37. The van der Waals surface area contributed by atoms with Gasteiger partial charge in [-0.1, -0.05) is 24.3 Å². The molecule has 0 unspecified atom stereocenters. The van der Waals surface area contributed by atoms with Gasteiger partial charge in [-0.25, -0.2) is 0 Å². The van der Waals surface area contributed by atoms with Crippen LogP contribution in [-0.2, 0) is 13.0 Å². The summed E-state index contributed by atoms with van der Waals surface area (Å²) in [5, 5.41) is 0. The quantitative estimate of drug-likeness (QED) is 0.847. The molecule has 1 heterocycles. The summed E-state index contributed by atoms with van der Waals surface area (Å²) in [5.41, 5.74) is 9.54. The van der Waals surface area contributed by atoms with E-state index in [1.165, 1.54) is 24.1 Å². The predicted molar refractivity (Wildman–Crippen MR) is 98.0 cm³/mol. The van der Waals surface area contributed by atoms with Gasteiger partial charge in [0.2, 0.25) is 0 Å². The van der Waals surface area contributed by atoms with E-state index in [9.17, 15) is 0 Å². The number of para-hydroxylation sites is 1. The monoisotopic (exact) mass is 326 g/mol. The molecule has 128 valence electrons. The Balaban J connectivity index is 1.63. The molecule has 2 N–H and O–H groups in total. The molecule has 0 radical (unpaired) electrons. The predicted octanol–water partition coefficient (Wildman–Crippen LogP) is 3.38. The molecular weight excluding hydrogens is 300 g/mol. The second kappa shape index (κ2) is 8.06. The maximum absolute atomic E-state index is 6.00. The molecule has 0 aromatic heterocycles. The fraction of sp³-hybridized carbons (Fsp3) is 0.400. The first-order valence-electron chi connectivity index (χ1n) is 8.73. The van der Waals surface area contributed by atoms with Gasteiger partial charge in [-0.05, 0) is 49.1 Å². The number of nitrogens with zero attached hydrogens (tertiary/aromatic N) is 1. The van der Waals surface area contributed by atoms with E-state index < -0.39 is 0 Å². The Hall–Kier alpha value is -2.20. The molecule has 4 nitrogen and oxygen atoms in total. The molecule has 2 aromatic carbocycles. The van der Waals surface area contributed by atoms with Crippen molar-refractivity contribution in [2.75, 3.05) is 31.2 Å². The van der Waals surface area contributed by atoms with E-state index in [1.807, 2.05) is 25.1 Å². The Labute approximate surface area is 144 Å². The van der Waals surface area contributed by atoms with Crippen LogP contribution in [0.2, 0.25) is 0 Å². The molecule has 1 aliphatic heterocycles. The van der Waals surface area contributed by atoms with Crippen molar-refractivity contribution in [2.24, 2.45) is 5.73 Å². The fourth-order valence-electron chi connectivity index (χ4n) is 3.18. The van der Waals surface area contributed by atoms with Crippen LogP contribution in [0.15, 0.2) is 42.5 Å². The highest BCUT2D eigenvalue weighted by atomic mass is 16.5. The van der Waals surface area contributed by atoms with E-state index >= 15 is 0 Å². The number of hydrogen-bond donors (Lipinski definition) is 1. The third-order valence-electron chi connectivity index (χ3n) is 4.37. The average molecular weight is 326 g/mol. The Bertz CT molecular complexity index is 672. The van der Waals surface area contributed by atoms with Crippen molar-refractivity contribution in [1.82, 2.24) is 0 Å². The van der Waals surface area contributed by atoms with Crippen molar-refractivity contribution in [3.63, 3.8) is 0 Å². The van der Waals surface area contributed by atoms with Gasteiger partial charge >= 0.3 is 0 Å². The Morgan fingerprint density at radius 3 is 2.79 bits per heavy atom. The van der Waals surface area contributed by atoms with E-state index in [4.69, 9.17) is 15.2 Å². The van der Waals surface area contributed by atoms with E-state index in [0.717, 1.165) is 30.2 Å². The number of aryl methyl sites for hydroxylation is 1. The lowest BCUT2D eigenvalue weighted by molar-refractivity contribution is 0.280. The van der Waals surface area contributed by atoms with Crippen molar-refractivity contribution in [2.45, 2.75) is 26.3 Å². The van der Waals surface area contributed by atoms with Crippen molar-refractivity contribution >= 4 is 5.69 Å². The van der Waals surface area contributed by atoms with E-state index in [2.05, 4.69) is 29.2 Å². The lowest BCUT2D eigenvalue weighted by Gasteiger charge is -2.31. The second-order valence-electron chi connectivity index (χ2n) is 5.99. The molecule has 0 amide bonds. The van der Waals surface area contributed by atoms with Crippen LogP contribution in [0, 0.1) is 0 Å². The van der Waals surface area contributed by atoms with Gasteiger partial charge in [0, 0.05) is 18.8 Å². The molecule has 3 rings (SSSR count). The van der Waals surface area contributed by atoms with E-state index in [1.54, 1.807) is 0 Å². The highest BCUT2D eigenvalue weighted by Crippen LogP contribution is 2.29. The first-order chi connectivity index (χ1) is 11.8. The zero-order valence-corrected chi connectivity index (χ0v) is 14.3.